The summed E-state index contributed by atoms with van der Waals surface area (Å²) in [5, 5.41) is 19.6. The molecule has 5 aromatic carbocycles. The number of piperazine rings is 1. The van der Waals surface area contributed by atoms with Crippen molar-refractivity contribution in [3.63, 3.8) is 0 Å². The van der Waals surface area contributed by atoms with Crippen molar-refractivity contribution in [3.8, 4) is 22.4 Å². The molecule has 1 amide bonds. The van der Waals surface area contributed by atoms with Crippen molar-refractivity contribution in [2.75, 3.05) is 98.6 Å². The van der Waals surface area contributed by atoms with Crippen molar-refractivity contribution < 1.29 is 18.1 Å². The number of halogens is 1. The van der Waals surface area contributed by atoms with Crippen molar-refractivity contribution in [2.45, 2.75) is 42.0 Å². The predicted molar refractivity (Wildman–Crippen MR) is 287 cm³/mol. The number of anilines is 4. The summed E-state index contributed by atoms with van der Waals surface area (Å²) in [6.07, 6.45) is 3.14. The minimum atomic E-state index is -4.16. The van der Waals surface area contributed by atoms with Gasteiger partial charge in [0.25, 0.3) is 21.6 Å². The van der Waals surface area contributed by atoms with Crippen LogP contribution in [0, 0.1) is 17.0 Å². The second-order valence-electron chi connectivity index (χ2n) is 18.2. The van der Waals surface area contributed by atoms with Gasteiger partial charge in [-0.2, -0.15) is 0 Å². The molecule has 1 atom stereocenters. The lowest BCUT2D eigenvalue weighted by Crippen LogP contribution is -2.46. The highest BCUT2D eigenvalue weighted by Gasteiger charge is 2.28. The number of nitrogens with one attached hydrogen (secondary N) is 3. The van der Waals surface area contributed by atoms with Gasteiger partial charge in [0.15, 0.2) is 0 Å². The second-order valence-corrected chi connectivity index (χ2v) is 21.4. The number of benzene rings is 5. The van der Waals surface area contributed by atoms with Crippen molar-refractivity contribution in [1.29, 1.82) is 0 Å². The molecular formula is C53H62ClN9O5S2. The Labute approximate surface area is 421 Å². The molecule has 1 aromatic heterocycles. The summed E-state index contributed by atoms with van der Waals surface area (Å²) in [5.74, 6) is 0.584. The smallest absolute Gasteiger partial charge is 0.293 e. The third-order valence-electron chi connectivity index (χ3n) is 13.2. The van der Waals surface area contributed by atoms with E-state index in [0.717, 1.165) is 109 Å². The normalized spacial score (nSPS) is 14.8. The van der Waals surface area contributed by atoms with E-state index in [2.05, 4.69) is 63.8 Å². The van der Waals surface area contributed by atoms with Gasteiger partial charge in [-0.05, 0) is 144 Å². The van der Waals surface area contributed by atoms with E-state index < -0.39 is 14.9 Å². The predicted octanol–water partition coefficient (Wildman–Crippen LogP) is 9.71. The van der Waals surface area contributed by atoms with Crippen LogP contribution in [0.5, 0.6) is 0 Å². The van der Waals surface area contributed by atoms with E-state index in [9.17, 15) is 23.3 Å². The molecule has 14 nitrogen and oxygen atoms in total. The zero-order chi connectivity index (χ0) is 49.4. The molecule has 2 aliphatic rings. The number of carbonyl (C=O) groups excluding carboxylic acids is 1. The molecule has 8 rings (SSSR count). The summed E-state index contributed by atoms with van der Waals surface area (Å²) >= 11 is 7.99. The summed E-state index contributed by atoms with van der Waals surface area (Å²) < 4.78 is 32.1. The zero-order valence-corrected chi connectivity index (χ0v) is 42.6. The highest BCUT2D eigenvalue weighted by atomic mass is 35.5. The third-order valence-corrected chi connectivity index (χ3v) is 16.0. The number of rotatable bonds is 20. The Balaban J connectivity index is 0.929. The van der Waals surface area contributed by atoms with Gasteiger partial charge in [-0.15, -0.1) is 11.8 Å². The van der Waals surface area contributed by atoms with Gasteiger partial charge in [0, 0.05) is 102 Å². The maximum atomic E-state index is 14.1. The van der Waals surface area contributed by atoms with E-state index in [1.807, 2.05) is 94.8 Å². The van der Waals surface area contributed by atoms with Crippen molar-refractivity contribution >= 4 is 67.7 Å². The lowest BCUT2D eigenvalue weighted by Gasteiger charge is -2.37. The monoisotopic (exact) mass is 1000 g/mol. The maximum Gasteiger partial charge on any atom is 0.293 e. The average molecular weight is 1000 g/mol. The highest BCUT2D eigenvalue weighted by Crippen LogP contribution is 2.41. The minimum absolute atomic E-state index is 0.0829. The fraction of sp³-hybridized carbons (Fsp3) is 0.340. The zero-order valence-electron chi connectivity index (χ0n) is 40.2. The van der Waals surface area contributed by atoms with E-state index >= 15 is 0 Å². The first-order valence-corrected chi connectivity index (χ1v) is 26.7. The van der Waals surface area contributed by atoms with E-state index in [1.54, 1.807) is 23.9 Å². The minimum Gasteiger partial charge on any atom is -0.376 e. The SMILES string of the molecule is Cc1c(C(=O)NCCN2CCCC2)c(-c2cccc(N3CCN(c4ccc(NS(=O)(=O)c5ccc(N[C@H](CCN(C)C)CSc6ccccc6)c([N+](=O)[O-])c5)cc4)CC3)c2)c(-c2ccc(Cl)cc2)n1C. The number of nitrogens with zero attached hydrogens (tertiary/aromatic N) is 6. The van der Waals surface area contributed by atoms with Gasteiger partial charge in [0.05, 0.1) is 21.1 Å². The number of amides is 1. The van der Waals surface area contributed by atoms with Gasteiger partial charge in [-0.25, -0.2) is 8.42 Å². The van der Waals surface area contributed by atoms with Crippen LogP contribution < -0.4 is 25.2 Å². The van der Waals surface area contributed by atoms with Gasteiger partial charge in [-0.3, -0.25) is 19.6 Å². The number of nitro groups is 1. The number of aromatic nitrogens is 1. The molecule has 70 heavy (non-hydrogen) atoms. The summed E-state index contributed by atoms with van der Waals surface area (Å²) in [6.45, 7) is 9.27. The summed E-state index contributed by atoms with van der Waals surface area (Å²) in [6, 6.07) is 37.3. The van der Waals surface area contributed by atoms with Crippen LogP contribution in [0.15, 0.2) is 131 Å². The molecular weight excluding hydrogens is 942 g/mol. The quantitative estimate of drug-likeness (QED) is 0.0382. The number of thioether (sulfide) groups is 1. The number of hydrogen-bond acceptors (Lipinski definition) is 11. The number of carbonyl (C=O) groups is 1. The number of sulfonamides is 1. The lowest BCUT2D eigenvalue weighted by molar-refractivity contribution is -0.384. The third kappa shape index (κ3) is 12.3. The van der Waals surface area contributed by atoms with E-state index in [4.69, 9.17) is 11.6 Å². The summed E-state index contributed by atoms with van der Waals surface area (Å²) in [4.78, 5) is 35.9. The van der Waals surface area contributed by atoms with Gasteiger partial charge in [0.1, 0.15) is 5.69 Å². The Hall–Kier alpha value is -6.04. The molecule has 0 radical (unpaired) electrons. The van der Waals surface area contributed by atoms with Crippen LogP contribution in [0.2, 0.25) is 5.02 Å². The molecule has 368 valence electrons. The van der Waals surface area contributed by atoms with Gasteiger partial charge >= 0.3 is 0 Å². The first-order valence-electron chi connectivity index (χ1n) is 23.8. The molecule has 2 saturated heterocycles. The van der Waals surface area contributed by atoms with Crippen molar-refractivity contribution in [2.24, 2.45) is 7.05 Å². The average Bonchev–Trinajstić information content (AvgIpc) is 3.98. The molecule has 3 heterocycles. The van der Waals surface area contributed by atoms with Gasteiger partial charge in [-0.1, -0.05) is 54.1 Å². The second kappa shape index (κ2) is 22.8. The molecule has 3 N–H and O–H groups in total. The number of nitro benzene ring substituents is 1. The fourth-order valence-corrected chi connectivity index (χ4v) is 11.5. The molecule has 6 aromatic rings. The van der Waals surface area contributed by atoms with Crippen LogP contribution in [-0.2, 0) is 17.1 Å². The Morgan fingerprint density at radius 1 is 0.829 bits per heavy atom. The topological polar surface area (TPSA) is 148 Å². The number of hydrogen-bond donors (Lipinski definition) is 3. The Kier molecular flexibility index (Phi) is 16.4. The van der Waals surface area contributed by atoms with Crippen LogP contribution in [0.4, 0.5) is 28.4 Å². The largest absolute Gasteiger partial charge is 0.376 e. The standard InChI is InChI=1S/C53H62ClN9O5S2/c1-38-50(53(64)55-26-30-60-27-8-9-28-60)51(52(59(38)4)39-15-17-41(54)18-16-39)40-11-10-12-45(35-40)62-33-31-61(32-34-62)44-21-19-42(20-22-44)57-70(67,68)47-23-24-48(49(36-47)63(65)66)56-43(25-29-58(2)3)37-69-46-13-6-5-7-14-46/h5-7,10-24,35-36,43,56-57H,8-9,25-34,37H2,1-4H3,(H,55,64)/t43-/m1/s1. The van der Waals surface area contributed by atoms with Crippen LogP contribution in [0.25, 0.3) is 22.4 Å². The lowest BCUT2D eigenvalue weighted by atomic mass is 9.95. The summed E-state index contributed by atoms with van der Waals surface area (Å²) in [5.41, 5.74) is 7.63. The molecule has 17 heteroatoms. The Morgan fingerprint density at radius 2 is 1.51 bits per heavy atom. The Morgan fingerprint density at radius 3 is 2.19 bits per heavy atom. The maximum absolute atomic E-state index is 14.1. The first kappa shape index (κ1) is 50.4. The van der Waals surface area contributed by atoms with Crippen molar-refractivity contribution in [1.82, 2.24) is 19.7 Å². The molecule has 0 bridgehead atoms. The molecule has 0 aliphatic carbocycles. The molecule has 0 spiro atoms. The van der Waals surface area contributed by atoms with Crippen LogP contribution >= 0.6 is 23.4 Å². The molecule has 0 saturated carbocycles. The number of likely N-dealkylation sites (tertiary alicyclic amines) is 1. The van der Waals surface area contributed by atoms with Gasteiger partial charge < -0.3 is 34.8 Å². The summed E-state index contributed by atoms with van der Waals surface area (Å²) in [7, 11) is 1.81. The highest BCUT2D eigenvalue weighted by molar-refractivity contribution is 7.99. The first-order chi connectivity index (χ1) is 33.7. The van der Waals surface area contributed by atoms with Crippen LogP contribution in [0.3, 0.4) is 0 Å². The van der Waals surface area contributed by atoms with Crippen LogP contribution in [0.1, 0.15) is 35.3 Å². The fourth-order valence-electron chi connectivity index (χ4n) is 9.26. The van der Waals surface area contributed by atoms with Crippen LogP contribution in [-0.4, -0.2) is 118 Å². The van der Waals surface area contributed by atoms with Crippen molar-refractivity contribution in [3.05, 3.63) is 148 Å². The van der Waals surface area contributed by atoms with E-state index in [0.29, 0.717) is 28.6 Å². The van der Waals surface area contributed by atoms with E-state index in [1.165, 1.54) is 25.0 Å². The van der Waals surface area contributed by atoms with Gasteiger partial charge in [0.2, 0.25) is 0 Å². The molecule has 2 aliphatic heterocycles. The molecule has 0 unspecified atom stereocenters. The Bertz CT molecular complexity index is 2870. The molecule has 2 fully saturated rings. The van der Waals surface area contributed by atoms with E-state index in [-0.39, 0.29) is 28.2 Å².